The Morgan fingerprint density at radius 3 is 2.51 bits per heavy atom. The maximum absolute atomic E-state index is 13.5. The Labute approximate surface area is 224 Å². The van der Waals surface area contributed by atoms with Crippen molar-refractivity contribution in [2.24, 2.45) is 40.4 Å². The van der Waals surface area contributed by atoms with Crippen LogP contribution in [0.15, 0.2) is 41.7 Å². The van der Waals surface area contributed by atoms with Crippen molar-refractivity contribution in [2.75, 3.05) is 0 Å². The summed E-state index contributed by atoms with van der Waals surface area (Å²) in [6.07, 6.45) is 11.1. The van der Waals surface area contributed by atoms with Crippen LogP contribution in [0.2, 0.25) is 0 Å². The quantitative estimate of drug-likeness (QED) is 0.386. The van der Waals surface area contributed by atoms with Crippen molar-refractivity contribution in [2.45, 2.75) is 105 Å². The summed E-state index contributed by atoms with van der Waals surface area (Å²) in [5, 5.41) is 3.20. The molecule has 0 bridgehead atoms. The largest absolute Gasteiger partial charge is 0.431 e. The molecule has 5 rings (SSSR count). The molecule has 0 radical (unpaired) electrons. The van der Waals surface area contributed by atoms with Gasteiger partial charge >= 0.3 is 5.97 Å². The molecule has 1 aliphatic heterocycles. The Hall–Kier alpha value is -2.10. The molecule has 1 aromatic rings. The average molecular weight is 506 g/mol. The molecule has 7 atom stereocenters. The van der Waals surface area contributed by atoms with Crippen molar-refractivity contribution < 1.29 is 14.3 Å². The van der Waals surface area contributed by atoms with Crippen LogP contribution in [-0.4, -0.2) is 17.9 Å². The van der Waals surface area contributed by atoms with E-state index in [-0.39, 0.29) is 34.7 Å². The van der Waals surface area contributed by atoms with Gasteiger partial charge in [-0.2, -0.15) is 0 Å². The van der Waals surface area contributed by atoms with Crippen LogP contribution in [0.4, 0.5) is 0 Å². The monoisotopic (exact) mass is 505 g/mol. The summed E-state index contributed by atoms with van der Waals surface area (Å²) in [5.41, 5.74) is 2.20. The van der Waals surface area contributed by atoms with Gasteiger partial charge in [0.2, 0.25) is 0 Å². The molecular weight excluding hydrogens is 458 g/mol. The maximum atomic E-state index is 13.5. The van der Waals surface area contributed by atoms with Gasteiger partial charge < -0.3 is 10.1 Å². The van der Waals surface area contributed by atoms with Crippen molar-refractivity contribution >= 4 is 11.9 Å². The number of nitrogens with one attached hydrogen (secondary N) is 1. The van der Waals surface area contributed by atoms with Gasteiger partial charge in [-0.3, -0.25) is 9.59 Å². The Morgan fingerprint density at radius 1 is 1.03 bits per heavy atom. The molecule has 0 aromatic heterocycles. The third kappa shape index (κ3) is 4.79. The van der Waals surface area contributed by atoms with E-state index in [9.17, 15) is 9.59 Å². The molecule has 4 aliphatic rings. The zero-order valence-corrected chi connectivity index (χ0v) is 23.6. The number of hydrogen-bond acceptors (Lipinski definition) is 3. The molecule has 1 aromatic carbocycles. The normalized spacial score (nSPS) is 35.9. The number of allylic oxidation sites excluding steroid dienone is 2. The fourth-order valence-electron chi connectivity index (χ4n) is 8.66. The lowest BCUT2D eigenvalue weighted by molar-refractivity contribution is -0.157. The third-order valence-corrected chi connectivity index (χ3v) is 10.9. The number of ether oxygens (including phenoxy) is 1. The first kappa shape index (κ1) is 26.5. The number of fused-ring (bicyclic) bond motifs is 4. The smallest absolute Gasteiger partial charge is 0.314 e. The molecule has 1 amide bonds. The lowest BCUT2D eigenvalue weighted by Crippen LogP contribution is -2.52. The summed E-state index contributed by atoms with van der Waals surface area (Å²) in [6.45, 7) is 11.9. The molecule has 4 heteroatoms. The standard InChI is InChI=1S/C33H47NO3/c1-21(2)10-9-11-22(3)25-14-15-26-29-27(17-19-32(25,26)4)33(5)18-16-24(20-28(33)31(36)37-29)34-30(35)23-12-7-6-8-13-23/h6-8,12-13,21-22,24-26,28H,9-11,14-20H2,1-5H3,(H,34,35)/t22-,24+,25-,26+,28-,32-,33-/m1/s1. The van der Waals surface area contributed by atoms with E-state index in [2.05, 4.69) is 39.9 Å². The zero-order valence-electron chi connectivity index (χ0n) is 23.6. The maximum Gasteiger partial charge on any atom is 0.314 e. The number of hydrogen-bond donors (Lipinski definition) is 1. The zero-order chi connectivity index (χ0) is 26.4. The Bertz CT molecular complexity index is 1040. The van der Waals surface area contributed by atoms with Gasteiger partial charge in [-0.1, -0.05) is 72.1 Å². The second-order valence-electron chi connectivity index (χ2n) is 13.6. The van der Waals surface area contributed by atoms with E-state index < -0.39 is 0 Å². The Morgan fingerprint density at radius 2 is 1.78 bits per heavy atom. The molecule has 2 saturated carbocycles. The second kappa shape index (κ2) is 10.2. The van der Waals surface area contributed by atoms with Gasteiger partial charge in [0.25, 0.3) is 5.91 Å². The summed E-state index contributed by atoms with van der Waals surface area (Å²) in [4.78, 5) is 26.3. The number of amides is 1. The number of carbonyl (C=O) groups is 2. The third-order valence-electron chi connectivity index (χ3n) is 10.9. The minimum Gasteiger partial charge on any atom is -0.431 e. The van der Waals surface area contributed by atoms with E-state index in [4.69, 9.17) is 4.74 Å². The van der Waals surface area contributed by atoms with E-state index in [1.165, 1.54) is 37.7 Å². The molecule has 0 saturated heterocycles. The molecule has 0 unspecified atom stereocenters. The fourth-order valence-corrected chi connectivity index (χ4v) is 8.66. The molecule has 1 heterocycles. The lowest BCUT2D eigenvalue weighted by Gasteiger charge is -2.53. The predicted molar refractivity (Wildman–Crippen MR) is 148 cm³/mol. The summed E-state index contributed by atoms with van der Waals surface area (Å²) in [5.74, 6) is 3.38. The number of carbonyl (C=O) groups excluding carboxylic acids is 2. The highest BCUT2D eigenvalue weighted by molar-refractivity contribution is 5.94. The van der Waals surface area contributed by atoms with Crippen LogP contribution >= 0.6 is 0 Å². The highest BCUT2D eigenvalue weighted by Crippen LogP contribution is 2.64. The van der Waals surface area contributed by atoms with Crippen LogP contribution in [0.5, 0.6) is 0 Å². The first-order valence-electron chi connectivity index (χ1n) is 14.9. The van der Waals surface area contributed by atoms with E-state index in [0.29, 0.717) is 23.8 Å². The Kier molecular flexibility index (Phi) is 7.33. The van der Waals surface area contributed by atoms with Crippen molar-refractivity contribution in [3.8, 4) is 0 Å². The summed E-state index contributed by atoms with van der Waals surface area (Å²) >= 11 is 0. The van der Waals surface area contributed by atoms with Crippen molar-refractivity contribution in [1.82, 2.24) is 5.32 Å². The van der Waals surface area contributed by atoms with E-state index in [1.54, 1.807) is 0 Å². The summed E-state index contributed by atoms with van der Waals surface area (Å²) in [6, 6.07) is 9.38. The molecule has 0 spiro atoms. The minimum absolute atomic E-state index is 0.0110. The van der Waals surface area contributed by atoms with Gasteiger partial charge in [-0.05, 0) is 85.8 Å². The second-order valence-corrected chi connectivity index (χ2v) is 13.6. The fraction of sp³-hybridized carbons (Fsp3) is 0.697. The summed E-state index contributed by atoms with van der Waals surface area (Å²) < 4.78 is 6.31. The van der Waals surface area contributed by atoms with Crippen molar-refractivity contribution in [3.05, 3.63) is 47.2 Å². The molecule has 1 N–H and O–H groups in total. The lowest BCUT2D eigenvalue weighted by atomic mass is 9.54. The molecule has 202 valence electrons. The highest BCUT2D eigenvalue weighted by Gasteiger charge is 2.59. The van der Waals surface area contributed by atoms with E-state index in [1.807, 2.05) is 30.3 Å². The van der Waals surface area contributed by atoms with Crippen LogP contribution in [-0.2, 0) is 9.53 Å². The van der Waals surface area contributed by atoms with Crippen LogP contribution in [0, 0.1) is 40.4 Å². The topological polar surface area (TPSA) is 55.4 Å². The van der Waals surface area contributed by atoms with Gasteiger partial charge in [-0.25, -0.2) is 0 Å². The molecule has 3 aliphatic carbocycles. The average Bonchev–Trinajstić information content (AvgIpc) is 3.22. The van der Waals surface area contributed by atoms with Crippen LogP contribution < -0.4 is 5.32 Å². The van der Waals surface area contributed by atoms with Gasteiger partial charge in [0.05, 0.1) is 5.92 Å². The van der Waals surface area contributed by atoms with E-state index >= 15 is 0 Å². The first-order chi connectivity index (χ1) is 17.6. The molecular formula is C33H47NO3. The van der Waals surface area contributed by atoms with Gasteiger partial charge in [-0.15, -0.1) is 0 Å². The van der Waals surface area contributed by atoms with Crippen LogP contribution in [0.1, 0.15) is 109 Å². The number of benzene rings is 1. The van der Waals surface area contributed by atoms with Crippen LogP contribution in [0.25, 0.3) is 0 Å². The number of esters is 1. The minimum atomic E-state index is -0.169. The molecule has 2 fully saturated rings. The van der Waals surface area contributed by atoms with Crippen molar-refractivity contribution in [1.29, 1.82) is 0 Å². The first-order valence-corrected chi connectivity index (χ1v) is 14.9. The Balaban J connectivity index is 1.31. The number of rotatable bonds is 7. The summed E-state index contributed by atoms with van der Waals surface area (Å²) in [7, 11) is 0. The van der Waals surface area contributed by atoms with Crippen LogP contribution in [0.3, 0.4) is 0 Å². The van der Waals surface area contributed by atoms with E-state index in [0.717, 1.165) is 43.3 Å². The van der Waals surface area contributed by atoms with Crippen molar-refractivity contribution in [3.63, 3.8) is 0 Å². The van der Waals surface area contributed by atoms with Gasteiger partial charge in [0.1, 0.15) is 5.76 Å². The highest BCUT2D eigenvalue weighted by atomic mass is 16.5. The van der Waals surface area contributed by atoms with Gasteiger partial charge in [0.15, 0.2) is 0 Å². The molecule has 37 heavy (non-hydrogen) atoms. The predicted octanol–water partition coefficient (Wildman–Crippen LogP) is 7.69. The van der Waals surface area contributed by atoms with Gasteiger partial charge in [0, 0.05) is 22.9 Å². The molecule has 4 nitrogen and oxygen atoms in total. The SMILES string of the molecule is CC(C)CCC[C@@H](C)[C@H]1CC[C@H]2C3=C(CC[C@]12C)[C@@]1(C)CC[C@H](NC(=O)c2ccccc2)C[C@@H]1C(=O)O3.